The van der Waals surface area contributed by atoms with Crippen LogP contribution in [0.1, 0.15) is 18.5 Å². The van der Waals surface area contributed by atoms with Crippen molar-refractivity contribution in [1.29, 1.82) is 0 Å². The Morgan fingerprint density at radius 2 is 1.85 bits per heavy atom. The van der Waals surface area contributed by atoms with Crippen molar-refractivity contribution in [3.05, 3.63) is 36.0 Å². The first-order chi connectivity index (χ1) is 13.0. The molecular weight excluding hydrogens is 366 g/mol. The summed E-state index contributed by atoms with van der Waals surface area (Å²) in [6.45, 7) is 1.84. The number of nitrogens with zero attached hydrogens (tertiary/aromatic N) is 3. The molecule has 0 spiro atoms. The number of benzene rings is 1. The van der Waals surface area contributed by atoms with Crippen molar-refractivity contribution in [2.75, 3.05) is 40.1 Å². The van der Waals surface area contributed by atoms with Crippen LogP contribution in [0.5, 0.6) is 0 Å². The number of urea groups is 1. The number of hydrogen-bond acceptors (Lipinski definition) is 5. The first kappa shape index (κ1) is 17.8. The van der Waals surface area contributed by atoms with Gasteiger partial charge in [0, 0.05) is 42.8 Å². The van der Waals surface area contributed by atoms with Gasteiger partial charge in [0.05, 0.1) is 11.5 Å². The molecule has 0 bridgehead atoms. The highest BCUT2D eigenvalue weighted by molar-refractivity contribution is 7.91. The van der Waals surface area contributed by atoms with Gasteiger partial charge in [0.15, 0.2) is 15.7 Å². The lowest BCUT2D eigenvalue weighted by atomic mass is 10.1. The van der Waals surface area contributed by atoms with Crippen LogP contribution in [0.15, 0.2) is 30.3 Å². The number of amides is 2. The van der Waals surface area contributed by atoms with Crippen LogP contribution in [0.4, 0.5) is 22.0 Å². The Bertz CT molecular complexity index is 916. The minimum atomic E-state index is -2.92. The topological polar surface area (TPSA) is 96.3 Å². The molecule has 0 aliphatic carbocycles. The summed E-state index contributed by atoms with van der Waals surface area (Å²) < 4.78 is 25.1. The van der Waals surface area contributed by atoms with Crippen molar-refractivity contribution in [2.24, 2.45) is 0 Å². The lowest BCUT2D eigenvalue weighted by Crippen LogP contribution is -2.40. The van der Waals surface area contributed by atoms with Crippen molar-refractivity contribution in [1.82, 2.24) is 9.78 Å². The molecule has 0 atom stereocenters. The number of rotatable bonds is 3. The van der Waals surface area contributed by atoms with Gasteiger partial charge in [-0.3, -0.25) is 10.00 Å². The molecule has 1 saturated heterocycles. The minimum absolute atomic E-state index is 0.163. The van der Waals surface area contributed by atoms with E-state index in [0.717, 1.165) is 37.2 Å². The van der Waals surface area contributed by atoms with Crippen LogP contribution < -0.4 is 15.5 Å². The SMILES string of the molecule is O=C(Nc1cccc(N2CCS(=O)(=O)CC2)c1)Nc1cc2n(n1)CCCC2. The van der Waals surface area contributed by atoms with Crippen molar-refractivity contribution in [3.8, 4) is 0 Å². The molecule has 27 heavy (non-hydrogen) atoms. The Labute approximate surface area is 158 Å². The highest BCUT2D eigenvalue weighted by atomic mass is 32.2. The minimum Gasteiger partial charge on any atom is -0.369 e. The number of fused-ring (bicyclic) bond motifs is 1. The second-order valence-electron chi connectivity index (χ2n) is 6.97. The number of carbonyl (C=O) groups excluding carboxylic acids is 1. The van der Waals surface area contributed by atoms with E-state index in [4.69, 9.17) is 0 Å². The highest BCUT2D eigenvalue weighted by Gasteiger charge is 2.22. The predicted octanol–water partition coefficient (Wildman–Crippen LogP) is 2.10. The van der Waals surface area contributed by atoms with Gasteiger partial charge in [0.2, 0.25) is 0 Å². The Balaban J connectivity index is 1.39. The fraction of sp³-hybridized carbons (Fsp3) is 0.444. The molecule has 1 aromatic carbocycles. The Morgan fingerprint density at radius 1 is 1.04 bits per heavy atom. The molecule has 2 amide bonds. The van der Waals surface area contributed by atoms with Gasteiger partial charge in [-0.1, -0.05) is 6.07 Å². The van der Waals surface area contributed by atoms with Crippen LogP contribution in [0.3, 0.4) is 0 Å². The number of hydrogen-bond donors (Lipinski definition) is 2. The summed E-state index contributed by atoms with van der Waals surface area (Å²) in [5.74, 6) is 0.883. The molecule has 2 aromatic rings. The van der Waals surface area contributed by atoms with Crippen LogP contribution in [0, 0.1) is 0 Å². The smallest absolute Gasteiger partial charge is 0.324 e. The van der Waals surface area contributed by atoms with Crippen molar-refractivity contribution in [3.63, 3.8) is 0 Å². The van der Waals surface area contributed by atoms with Crippen LogP contribution in [-0.2, 0) is 22.8 Å². The zero-order valence-corrected chi connectivity index (χ0v) is 15.8. The number of nitrogens with one attached hydrogen (secondary N) is 2. The highest BCUT2D eigenvalue weighted by Crippen LogP contribution is 2.22. The van der Waals surface area contributed by atoms with Crippen molar-refractivity contribution < 1.29 is 13.2 Å². The van der Waals surface area contributed by atoms with E-state index in [1.54, 1.807) is 0 Å². The predicted molar refractivity (Wildman–Crippen MR) is 105 cm³/mol. The van der Waals surface area contributed by atoms with E-state index in [0.29, 0.717) is 24.6 Å². The molecule has 8 nitrogen and oxygen atoms in total. The van der Waals surface area contributed by atoms with Crippen LogP contribution in [-0.4, -0.2) is 48.8 Å². The van der Waals surface area contributed by atoms with Gasteiger partial charge in [-0.2, -0.15) is 5.10 Å². The Kier molecular flexibility index (Phi) is 4.77. The molecule has 144 valence electrons. The van der Waals surface area contributed by atoms with Gasteiger partial charge in [-0.05, 0) is 37.5 Å². The zero-order chi connectivity index (χ0) is 18.9. The van der Waals surface area contributed by atoms with Crippen LogP contribution in [0.25, 0.3) is 0 Å². The zero-order valence-electron chi connectivity index (χ0n) is 15.0. The van der Waals surface area contributed by atoms with Gasteiger partial charge < -0.3 is 10.2 Å². The van der Waals surface area contributed by atoms with E-state index in [2.05, 4.69) is 15.7 Å². The van der Waals surface area contributed by atoms with E-state index in [1.165, 1.54) is 0 Å². The van der Waals surface area contributed by atoms with Crippen molar-refractivity contribution in [2.45, 2.75) is 25.8 Å². The van der Waals surface area contributed by atoms with Gasteiger partial charge in [0.1, 0.15) is 0 Å². The number of carbonyl (C=O) groups is 1. The fourth-order valence-corrected chi connectivity index (χ4v) is 4.71. The molecule has 0 unspecified atom stereocenters. The molecule has 0 radical (unpaired) electrons. The monoisotopic (exact) mass is 389 g/mol. The van der Waals surface area contributed by atoms with E-state index in [-0.39, 0.29) is 17.5 Å². The molecule has 0 saturated carbocycles. The molecule has 9 heteroatoms. The molecule has 2 aliphatic heterocycles. The number of aromatic nitrogens is 2. The summed E-state index contributed by atoms with van der Waals surface area (Å²) in [4.78, 5) is 14.3. The lowest BCUT2D eigenvalue weighted by molar-refractivity contribution is 0.262. The van der Waals surface area contributed by atoms with Crippen molar-refractivity contribution >= 4 is 33.1 Å². The van der Waals surface area contributed by atoms with Crippen LogP contribution >= 0.6 is 0 Å². The van der Waals surface area contributed by atoms with Gasteiger partial charge in [-0.25, -0.2) is 13.2 Å². The van der Waals surface area contributed by atoms with Gasteiger partial charge >= 0.3 is 6.03 Å². The summed E-state index contributed by atoms with van der Waals surface area (Å²) in [5.41, 5.74) is 2.71. The van der Waals surface area contributed by atoms with E-state index < -0.39 is 9.84 Å². The fourth-order valence-electron chi connectivity index (χ4n) is 3.51. The quantitative estimate of drug-likeness (QED) is 0.838. The molecular formula is C18H23N5O3S. The maximum atomic E-state index is 12.3. The lowest BCUT2D eigenvalue weighted by Gasteiger charge is -2.29. The van der Waals surface area contributed by atoms with E-state index >= 15 is 0 Å². The summed E-state index contributed by atoms with van der Waals surface area (Å²) in [7, 11) is -2.92. The molecule has 1 fully saturated rings. The normalized spacial score (nSPS) is 18.6. The average molecular weight is 389 g/mol. The Hall–Kier alpha value is -2.55. The first-order valence-electron chi connectivity index (χ1n) is 9.19. The third-order valence-corrected chi connectivity index (χ3v) is 6.58. The summed E-state index contributed by atoms with van der Waals surface area (Å²) in [6, 6.07) is 9.01. The summed E-state index contributed by atoms with van der Waals surface area (Å²) in [5, 5.41) is 10.0. The van der Waals surface area contributed by atoms with Gasteiger partial charge in [0.25, 0.3) is 0 Å². The number of aryl methyl sites for hydroxylation is 2. The maximum absolute atomic E-state index is 12.3. The molecule has 2 aliphatic rings. The third-order valence-electron chi connectivity index (χ3n) is 4.97. The van der Waals surface area contributed by atoms with E-state index in [1.807, 2.05) is 39.9 Å². The molecule has 3 heterocycles. The van der Waals surface area contributed by atoms with Gasteiger partial charge in [-0.15, -0.1) is 0 Å². The second-order valence-corrected chi connectivity index (χ2v) is 9.27. The number of sulfone groups is 1. The van der Waals surface area contributed by atoms with Crippen LogP contribution in [0.2, 0.25) is 0 Å². The summed E-state index contributed by atoms with van der Waals surface area (Å²) >= 11 is 0. The Morgan fingerprint density at radius 3 is 2.63 bits per heavy atom. The molecule has 1 aromatic heterocycles. The standard InChI is InChI=1S/C18H23N5O3S/c24-18(20-17-13-16-5-1-2-7-23(16)21-17)19-14-4-3-6-15(12-14)22-8-10-27(25,26)11-9-22/h3-4,6,12-13H,1-2,5,7-11H2,(H2,19,20,21,24). The third kappa shape index (κ3) is 4.24. The molecule has 4 rings (SSSR count). The second kappa shape index (κ2) is 7.22. The number of anilines is 3. The summed E-state index contributed by atoms with van der Waals surface area (Å²) in [6.07, 6.45) is 3.26. The average Bonchev–Trinajstić information content (AvgIpc) is 3.04. The first-order valence-corrected chi connectivity index (χ1v) is 11.0. The van der Waals surface area contributed by atoms with E-state index in [9.17, 15) is 13.2 Å². The largest absolute Gasteiger partial charge is 0.369 e. The molecule has 2 N–H and O–H groups in total. The maximum Gasteiger partial charge on any atom is 0.324 e.